The summed E-state index contributed by atoms with van der Waals surface area (Å²) in [5, 5.41) is 8.40. The lowest BCUT2D eigenvalue weighted by atomic mass is 10.2. The van der Waals surface area contributed by atoms with Crippen LogP contribution in [0, 0.1) is 0 Å². The Hall–Kier alpha value is -2.87. The molecule has 1 aliphatic heterocycles. The molecule has 27 heavy (non-hydrogen) atoms. The van der Waals surface area contributed by atoms with Crippen molar-refractivity contribution in [3.8, 4) is 11.5 Å². The Morgan fingerprint density at radius 2 is 1.93 bits per heavy atom. The fourth-order valence-corrected chi connectivity index (χ4v) is 3.81. The third-order valence-electron chi connectivity index (χ3n) is 3.99. The summed E-state index contributed by atoms with van der Waals surface area (Å²) in [6.45, 7) is 0. The number of carbonyl (C=O) groups excluding carboxylic acids is 2. The smallest absolute Gasteiger partial charge is 0.236 e. The van der Waals surface area contributed by atoms with Gasteiger partial charge in [-0.15, -0.1) is 11.8 Å². The highest BCUT2D eigenvalue weighted by atomic mass is 32.2. The van der Waals surface area contributed by atoms with E-state index in [0.717, 1.165) is 5.69 Å². The molecule has 3 rings (SSSR count). The van der Waals surface area contributed by atoms with Crippen LogP contribution < -0.4 is 25.4 Å². The average molecular weight is 387 g/mol. The third-order valence-corrected chi connectivity index (χ3v) is 5.21. The van der Waals surface area contributed by atoms with Crippen molar-refractivity contribution in [1.82, 2.24) is 5.32 Å². The van der Waals surface area contributed by atoms with E-state index < -0.39 is 5.25 Å². The van der Waals surface area contributed by atoms with Gasteiger partial charge in [-0.2, -0.15) is 0 Å². The van der Waals surface area contributed by atoms with E-state index in [2.05, 4.69) is 16.0 Å². The van der Waals surface area contributed by atoms with E-state index in [9.17, 15) is 9.59 Å². The van der Waals surface area contributed by atoms with Crippen molar-refractivity contribution in [3.63, 3.8) is 0 Å². The highest BCUT2D eigenvalue weighted by Crippen LogP contribution is 2.31. The first-order chi connectivity index (χ1) is 13.1. The van der Waals surface area contributed by atoms with E-state index in [1.807, 2.05) is 30.3 Å². The lowest BCUT2D eigenvalue weighted by Crippen LogP contribution is -2.33. The molecule has 2 atom stereocenters. The van der Waals surface area contributed by atoms with E-state index in [-0.39, 0.29) is 23.7 Å². The van der Waals surface area contributed by atoms with Gasteiger partial charge in [0.25, 0.3) is 0 Å². The summed E-state index contributed by atoms with van der Waals surface area (Å²) in [4.78, 5) is 24.6. The molecule has 2 amide bonds. The molecular formula is C19H21N3O4S. The van der Waals surface area contributed by atoms with Crippen molar-refractivity contribution < 1.29 is 19.1 Å². The van der Waals surface area contributed by atoms with Crippen LogP contribution in [0.5, 0.6) is 11.5 Å². The maximum Gasteiger partial charge on any atom is 0.236 e. The number of benzene rings is 2. The zero-order valence-electron chi connectivity index (χ0n) is 15.0. The summed E-state index contributed by atoms with van der Waals surface area (Å²) in [6.07, 6.45) is 0.0681. The fraction of sp³-hybridized carbons (Fsp3) is 0.263. The third kappa shape index (κ3) is 4.85. The van der Waals surface area contributed by atoms with Crippen molar-refractivity contribution >= 4 is 35.0 Å². The van der Waals surface area contributed by atoms with Gasteiger partial charge in [-0.05, 0) is 24.3 Å². The van der Waals surface area contributed by atoms with Crippen LogP contribution in [0.3, 0.4) is 0 Å². The van der Waals surface area contributed by atoms with Gasteiger partial charge in [0.15, 0.2) is 0 Å². The minimum atomic E-state index is -0.463. The summed E-state index contributed by atoms with van der Waals surface area (Å²) in [7, 11) is 3.08. The maximum absolute atomic E-state index is 12.4. The number of anilines is 2. The number of amides is 2. The molecule has 1 aliphatic rings. The molecule has 2 unspecified atom stereocenters. The van der Waals surface area contributed by atoms with Crippen LogP contribution in [0.4, 0.5) is 11.4 Å². The molecule has 7 nitrogen and oxygen atoms in total. The van der Waals surface area contributed by atoms with Gasteiger partial charge in [0.1, 0.15) is 17.0 Å². The van der Waals surface area contributed by atoms with Gasteiger partial charge >= 0.3 is 0 Å². The Morgan fingerprint density at radius 1 is 1.15 bits per heavy atom. The van der Waals surface area contributed by atoms with Gasteiger partial charge in [-0.25, -0.2) is 0 Å². The second-order valence-corrected chi connectivity index (χ2v) is 7.15. The molecule has 142 valence electrons. The number of carbonyl (C=O) groups is 2. The number of thioether (sulfide) groups is 1. The lowest BCUT2D eigenvalue weighted by Gasteiger charge is -2.14. The molecule has 0 radical (unpaired) electrons. The Kier molecular flexibility index (Phi) is 6.08. The Morgan fingerprint density at radius 3 is 2.63 bits per heavy atom. The molecule has 0 saturated carbocycles. The SMILES string of the molecule is COc1ccc(NC(=O)CC2SC(Nc3ccccc3)NC2=O)c(OC)c1. The zero-order chi connectivity index (χ0) is 19.2. The number of methoxy groups -OCH3 is 2. The van der Waals surface area contributed by atoms with E-state index in [0.29, 0.717) is 17.2 Å². The zero-order valence-corrected chi connectivity index (χ0v) is 15.8. The van der Waals surface area contributed by atoms with Crippen molar-refractivity contribution in [2.24, 2.45) is 0 Å². The number of hydrogen-bond donors (Lipinski definition) is 3. The fourth-order valence-electron chi connectivity index (χ4n) is 2.65. The topological polar surface area (TPSA) is 88.7 Å². The molecule has 0 aromatic heterocycles. The number of rotatable bonds is 7. The molecule has 1 fully saturated rings. The molecule has 1 saturated heterocycles. The van der Waals surface area contributed by atoms with Crippen LogP contribution in [-0.2, 0) is 9.59 Å². The molecule has 0 aliphatic carbocycles. The van der Waals surface area contributed by atoms with Crippen molar-refractivity contribution in [1.29, 1.82) is 0 Å². The first-order valence-corrected chi connectivity index (χ1v) is 9.32. The quantitative estimate of drug-likeness (QED) is 0.677. The molecule has 3 N–H and O–H groups in total. The monoisotopic (exact) mass is 387 g/mol. The summed E-state index contributed by atoms with van der Waals surface area (Å²) >= 11 is 1.38. The van der Waals surface area contributed by atoms with E-state index in [1.54, 1.807) is 25.3 Å². The second kappa shape index (κ2) is 8.68. The number of para-hydroxylation sites is 1. The van der Waals surface area contributed by atoms with Crippen molar-refractivity contribution in [2.45, 2.75) is 17.2 Å². The van der Waals surface area contributed by atoms with Crippen LogP contribution in [0.25, 0.3) is 0 Å². The van der Waals surface area contributed by atoms with Crippen molar-refractivity contribution in [2.75, 3.05) is 24.9 Å². The highest BCUT2D eigenvalue weighted by molar-refractivity contribution is 8.01. The normalized spacial score (nSPS) is 18.5. The minimum Gasteiger partial charge on any atom is -0.497 e. The Bertz CT molecular complexity index is 816. The summed E-state index contributed by atoms with van der Waals surface area (Å²) in [5.74, 6) is 0.706. The predicted molar refractivity (Wildman–Crippen MR) is 106 cm³/mol. The van der Waals surface area contributed by atoms with Gasteiger partial charge in [0.05, 0.1) is 25.2 Å². The molecule has 8 heteroatoms. The number of nitrogens with one attached hydrogen (secondary N) is 3. The summed E-state index contributed by atoms with van der Waals surface area (Å²) in [5.41, 5.74) is 1.17. The number of hydrogen-bond acceptors (Lipinski definition) is 6. The van der Waals surface area contributed by atoms with Gasteiger partial charge in [-0.1, -0.05) is 18.2 Å². The second-order valence-electron chi connectivity index (χ2n) is 5.84. The maximum atomic E-state index is 12.4. The first-order valence-electron chi connectivity index (χ1n) is 8.38. The molecule has 2 aromatic carbocycles. The van der Waals surface area contributed by atoms with Crippen LogP contribution in [0.15, 0.2) is 48.5 Å². The molecular weight excluding hydrogens is 366 g/mol. The summed E-state index contributed by atoms with van der Waals surface area (Å²) in [6, 6.07) is 14.7. The van der Waals surface area contributed by atoms with Crippen LogP contribution in [0.2, 0.25) is 0 Å². The first kappa shape index (κ1) is 18.9. The largest absolute Gasteiger partial charge is 0.497 e. The van der Waals surface area contributed by atoms with Crippen LogP contribution >= 0.6 is 11.8 Å². The number of ether oxygens (including phenoxy) is 2. The minimum absolute atomic E-state index is 0.0681. The van der Waals surface area contributed by atoms with E-state index >= 15 is 0 Å². The van der Waals surface area contributed by atoms with E-state index in [4.69, 9.17) is 9.47 Å². The predicted octanol–water partition coefficient (Wildman–Crippen LogP) is 2.66. The lowest BCUT2D eigenvalue weighted by molar-refractivity contribution is -0.123. The molecule has 1 heterocycles. The van der Waals surface area contributed by atoms with Crippen molar-refractivity contribution in [3.05, 3.63) is 48.5 Å². The Balaban J connectivity index is 1.57. The Labute approximate surface area is 161 Å². The van der Waals surface area contributed by atoms with Crippen LogP contribution in [0.1, 0.15) is 6.42 Å². The van der Waals surface area contributed by atoms with Gasteiger partial charge in [-0.3, -0.25) is 9.59 Å². The van der Waals surface area contributed by atoms with E-state index in [1.165, 1.54) is 18.9 Å². The molecule has 0 spiro atoms. The molecule has 0 bridgehead atoms. The van der Waals surface area contributed by atoms with Gasteiger partial charge in [0, 0.05) is 18.2 Å². The average Bonchev–Trinajstić information content (AvgIpc) is 3.01. The highest BCUT2D eigenvalue weighted by Gasteiger charge is 2.34. The van der Waals surface area contributed by atoms with Gasteiger partial charge in [0.2, 0.25) is 11.8 Å². The van der Waals surface area contributed by atoms with Crippen LogP contribution in [-0.4, -0.2) is 36.8 Å². The standard InChI is InChI=1S/C19H21N3O4S/c1-25-13-8-9-14(15(10-13)26-2)21-17(23)11-16-18(24)22-19(27-16)20-12-6-4-3-5-7-12/h3-10,16,19-20H,11H2,1-2H3,(H,21,23)(H,22,24). The summed E-state index contributed by atoms with van der Waals surface area (Å²) < 4.78 is 10.4. The molecule has 2 aromatic rings. The van der Waals surface area contributed by atoms with Gasteiger partial charge < -0.3 is 25.4 Å².